The maximum absolute atomic E-state index is 13.3. The fourth-order valence-electron chi connectivity index (χ4n) is 2.67. The van der Waals surface area contributed by atoms with E-state index in [0.29, 0.717) is 5.56 Å². The van der Waals surface area contributed by atoms with Crippen molar-refractivity contribution in [2.45, 2.75) is 23.9 Å². The number of H-pyrrole nitrogens is 1. The summed E-state index contributed by atoms with van der Waals surface area (Å²) < 4.78 is 69.3. The minimum absolute atomic E-state index is 0.0275. The summed E-state index contributed by atoms with van der Waals surface area (Å²) in [6.07, 6.45) is -4.30. The minimum atomic E-state index is -4.66. The van der Waals surface area contributed by atoms with Crippen molar-refractivity contribution >= 4 is 9.84 Å². The molecule has 2 aromatic rings. The third kappa shape index (κ3) is 3.19. The van der Waals surface area contributed by atoms with Crippen molar-refractivity contribution < 1.29 is 26.3 Å². The van der Waals surface area contributed by atoms with Gasteiger partial charge in [-0.1, -0.05) is 18.2 Å². The van der Waals surface area contributed by atoms with Gasteiger partial charge in [0.25, 0.3) is 0 Å². The van der Waals surface area contributed by atoms with Gasteiger partial charge in [-0.05, 0) is 18.1 Å². The number of fused-ring (bicyclic) bond motifs is 1. The number of rotatable bonds is 3. The first-order valence-electron chi connectivity index (χ1n) is 6.81. The molecule has 0 radical (unpaired) electrons. The number of hydrogen-bond donors (Lipinski definition) is 1. The maximum atomic E-state index is 13.3. The Kier molecular flexibility index (Phi) is 3.83. The molecular weight excluding hydrogens is 333 g/mol. The van der Waals surface area contributed by atoms with Gasteiger partial charge in [-0.3, -0.25) is 0 Å². The lowest BCUT2D eigenvalue weighted by atomic mass is 9.92. The van der Waals surface area contributed by atoms with Crippen LogP contribution in [-0.2, 0) is 16.3 Å². The molecule has 3 rings (SSSR count). The van der Waals surface area contributed by atoms with Gasteiger partial charge in [0.2, 0.25) is 15.0 Å². The maximum Gasteiger partial charge on any atom is 0.425 e. The highest BCUT2D eigenvalue weighted by atomic mass is 32.2. The van der Waals surface area contributed by atoms with Gasteiger partial charge in [0.1, 0.15) is 5.75 Å². The standard InChI is InChI=1S/C14H13F3N2O3S/c15-14(16,17)12-10(7-9-3-1-2-4-11(9)22-12)8-23(20,21)13-18-5-6-19-13/h1-6,10,12H,7-8H2,(H,18,19)/t10-,12+/m0/s1. The first-order valence-corrected chi connectivity index (χ1v) is 8.46. The number of imidazole rings is 1. The van der Waals surface area contributed by atoms with E-state index in [1.54, 1.807) is 18.2 Å². The van der Waals surface area contributed by atoms with E-state index in [0.717, 1.165) is 0 Å². The number of sulfone groups is 1. The van der Waals surface area contributed by atoms with E-state index in [4.69, 9.17) is 4.74 Å². The first-order chi connectivity index (χ1) is 10.8. The number of benzene rings is 1. The van der Waals surface area contributed by atoms with Crippen LogP contribution in [0.25, 0.3) is 0 Å². The molecular formula is C14H13F3N2O3S. The lowest BCUT2D eigenvalue weighted by molar-refractivity contribution is -0.211. The average Bonchev–Trinajstić information content (AvgIpc) is 3.00. The Morgan fingerprint density at radius 2 is 2.04 bits per heavy atom. The van der Waals surface area contributed by atoms with Crippen LogP contribution in [0.4, 0.5) is 13.2 Å². The summed E-state index contributed by atoms with van der Waals surface area (Å²) in [5.74, 6) is -1.79. The van der Waals surface area contributed by atoms with Crippen molar-refractivity contribution in [3.63, 3.8) is 0 Å². The van der Waals surface area contributed by atoms with Crippen LogP contribution in [-0.4, -0.2) is 36.4 Å². The van der Waals surface area contributed by atoms with E-state index in [1.807, 2.05) is 0 Å². The highest BCUT2D eigenvalue weighted by Crippen LogP contribution is 2.39. The lowest BCUT2D eigenvalue weighted by Gasteiger charge is -2.34. The lowest BCUT2D eigenvalue weighted by Crippen LogP contribution is -2.47. The third-order valence-corrected chi connectivity index (χ3v) is 5.34. The molecule has 0 saturated carbocycles. The van der Waals surface area contributed by atoms with Crippen LogP contribution in [0.3, 0.4) is 0 Å². The summed E-state index contributed by atoms with van der Waals surface area (Å²) in [4.78, 5) is 6.04. The van der Waals surface area contributed by atoms with Crippen molar-refractivity contribution in [1.29, 1.82) is 0 Å². The fourth-order valence-corrected chi connectivity index (χ4v) is 4.16. The molecule has 0 fully saturated rings. The van der Waals surface area contributed by atoms with Gasteiger partial charge >= 0.3 is 6.18 Å². The predicted octanol–water partition coefficient (Wildman–Crippen LogP) is 2.37. The average molecular weight is 346 g/mol. The molecule has 1 aromatic carbocycles. The van der Waals surface area contributed by atoms with E-state index in [-0.39, 0.29) is 17.3 Å². The number of ether oxygens (including phenoxy) is 1. The van der Waals surface area contributed by atoms with Gasteiger partial charge in [-0.2, -0.15) is 13.2 Å². The molecule has 2 heterocycles. The SMILES string of the molecule is O=S(=O)(C[C@@H]1Cc2ccccc2O[C@H]1C(F)(F)F)c1ncc[nH]1. The molecule has 0 aliphatic carbocycles. The van der Waals surface area contributed by atoms with Crippen LogP contribution in [0.5, 0.6) is 5.75 Å². The zero-order valence-electron chi connectivity index (χ0n) is 11.7. The van der Waals surface area contributed by atoms with Crippen LogP contribution in [0, 0.1) is 5.92 Å². The number of hydrogen-bond acceptors (Lipinski definition) is 4. The smallest absolute Gasteiger partial charge is 0.425 e. The summed E-state index contributed by atoms with van der Waals surface area (Å²) in [6, 6.07) is 6.33. The second-order valence-electron chi connectivity index (χ2n) is 5.33. The molecule has 0 bridgehead atoms. The van der Waals surface area contributed by atoms with Gasteiger partial charge in [0, 0.05) is 18.3 Å². The molecule has 1 aliphatic heterocycles. The second-order valence-corrected chi connectivity index (χ2v) is 7.28. The summed E-state index contributed by atoms with van der Waals surface area (Å²) in [5, 5.41) is -0.336. The van der Waals surface area contributed by atoms with Crippen molar-refractivity contribution in [3.8, 4) is 5.75 Å². The quantitative estimate of drug-likeness (QED) is 0.926. The van der Waals surface area contributed by atoms with Crippen molar-refractivity contribution in [1.82, 2.24) is 9.97 Å². The Bertz CT molecular complexity index is 788. The normalized spacial score (nSPS) is 21.5. The molecule has 0 saturated heterocycles. The summed E-state index contributed by atoms with van der Waals surface area (Å²) in [5.41, 5.74) is 0.563. The van der Waals surface area contributed by atoms with Gasteiger partial charge in [-0.25, -0.2) is 13.4 Å². The van der Waals surface area contributed by atoms with E-state index >= 15 is 0 Å². The summed E-state index contributed by atoms with van der Waals surface area (Å²) >= 11 is 0. The zero-order valence-corrected chi connectivity index (χ0v) is 12.6. The van der Waals surface area contributed by atoms with Crippen molar-refractivity contribution in [2.75, 3.05) is 5.75 Å². The molecule has 9 heteroatoms. The first kappa shape index (κ1) is 15.9. The van der Waals surface area contributed by atoms with Crippen LogP contribution in [0.2, 0.25) is 0 Å². The Morgan fingerprint density at radius 3 is 2.70 bits per heavy atom. The van der Waals surface area contributed by atoms with Crippen LogP contribution in [0.1, 0.15) is 5.56 Å². The Labute approximate surface area is 130 Å². The number of alkyl halides is 3. The van der Waals surface area contributed by atoms with Crippen LogP contribution < -0.4 is 4.74 Å². The zero-order chi connectivity index (χ0) is 16.7. The second kappa shape index (κ2) is 5.55. The molecule has 2 atom stereocenters. The van der Waals surface area contributed by atoms with Gasteiger partial charge in [0.05, 0.1) is 5.75 Å². The van der Waals surface area contributed by atoms with Gasteiger partial charge in [-0.15, -0.1) is 0 Å². The summed E-state index contributed by atoms with van der Waals surface area (Å²) in [6.45, 7) is 0. The molecule has 124 valence electrons. The number of nitrogens with one attached hydrogen (secondary N) is 1. The van der Waals surface area contributed by atoms with E-state index in [9.17, 15) is 21.6 Å². The summed E-state index contributed by atoms with van der Waals surface area (Å²) in [7, 11) is -3.96. The highest BCUT2D eigenvalue weighted by molar-refractivity contribution is 7.91. The largest absolute Gasteiger partial charge is 0.480 e. The molecule has 0 spiro atoms. The molecule has 1 aromatic heterocycles. The van der Waals surface area contributed by atoms with Gasteiger partial charge < -0.3 is 9.72 Å². The van der Waals surface area contributed by atoms with E-state index in [1.165, 1.54) is 18.5 Å². The number of halogens is 3. The van der Waals surface area contributed by atoms with Crippen molar-refractivity contribution in [2.24, 2.45) is 5.92 Å². The van der Waals surface area contributed by atoms with Crippen LogP contribution >= 0.6 is 0 Å². The number of para-hydroxylation sites is 1. The number of aromatic nitrogens is 2. The molecule has 5 nitrogen and oxygen atoms in total. The molecule has 1 aliphatic rings. The van der Waals surface area contributed by atoms with E-state index in [2.05, 4.69) is 9.97 Å². The van der Waals surface area contributed by atoms with Crippen LogP contribution in [0.15, 0.2) is 41.8 Å². The minimum Gasteiger partial charge on any atom is -0.480 e. The topological polar surface area (TPSA) is 72.1 Å². The molecule has 23 heavy (non-hydrogen) atoms. The fraction of sp³-hybridized carbons (Fsp3) is 0.357. The third-order valence-electron chi connectivity index (χ3n) is 3.66. The highest BCUT2D eigenvalue weighted by Gasteiger charge is 2.50. The predicted molar refractivity (Wildman–Crippen MR) is 74.7 cm³/mol. The number of aromatic amines is 1. The molecule has 0 amide bonds. The van der Waals surface area contributed by atoms with Crippen molar-refractivity contribution in [3.05, 3.63) is 42.2 Å². The number of nitrogens with zero attached hydrogens (tertiary/aromatic N) is 1. The monoisotopic (exact) mass is 346 g/mol. The van der Waals surface area contributed by atoms with Gasteiger partial charge in [0.15, 0.2) is 6.10 Å². The Hall–Kier alpha value is -2.03. The Morgan fingerprint density at radius 1 is 1.30 bits per heavy atom. The van der Waals surface area contributed by atoms with E-state index < -0.39 is 33.8 Å². The molecule has 0 unspecified atom stereocenters. The Balaban J connectivity index is 1.93. The molecule has 1 N–H and O–H groups in total.